The second-order valence-corrected chi connectivity index (χ2v) is 12.0. The van der Waals surface area contributed by atoms with E-state index in [9.17, 15) is 34.5 Å². The van der Waals surface area contributed by atoms with Crippen LogP contribution in [0.5, 0.6) is 0 Å². The van der Waals surface area contributed by atoms with E-state index < -0.39 is 64.0 Å². The van der Waals surface area contributed by atoms with Crippen LogP contribution in [0.1, 0.15) is 30.2 Å². The van der Waals surface area contributed by atoms with Crippen molar-refractivity contribution >= 4 is 46.0 Å². The number of hydrogen-bond donors (Lipinski definition) is 4. The Bertz CT molecular complexity index is 1880. The molecular formula is C31H32N4O10. The van der Waals surface area contributed by atoms with Gasteiger partial charge in [0, 0.05) is 38.2 Å². The molecule has 1 aromatic carbocycles. The van der Waals surface area contributed by atoms with Gasteiger partial charge >= 0.3 is 5.97 Å². The maximum atomic E-state index is 14.2. The lowest BCUT2D eigenvalue weighted by Crippen LogP contribution is -2.65. The number of nitrogens with zero attached hydrogens (tertiary/aromatic N) is 3. The molecule has 2 aromatic heterocycles. The third-order valence-electron chi connectivity index (χ3n) is 8.85. The lowest BCUT2D eigenvalue weighted by Gasteiger charge is -2.50. The van der Waals surface area contributed by atoms with Gasteiger partial charge in [-0.05, 0) is 56.6 Å². The van der Waals surface area contributed by atoms with Gasteiger partial charge in [-0.3, -0.25) is 24.1 Å². The largest absolute Gasteiger partial charge is 0.508 e. The van der Waals surface area contributed by atoms with E-state index >= 15 is 0 Å². The number of amides is 1. The third-order valence-corrected chi connectivity index (χ3v) is 8.85. The lowest BCUT2D eigenvalue weighted by molar-refractivity contribution is -0.153. The average molecular weight is 621 g/mol. The highest BCUT2D eigenvalue weighted by atomic mass is 16.5. The number of primary amides is 1. The molecule has 1 fully saturated rings. The Morgan fingerprint density at radius 2 is 1.87 bits per heavy atom. The van der Waals surface area contributed by atoms with Crippen LogP contribution in [0.4, 0.5) is 5.69 Å². The molecule has 0 radical (unpaired) electrons. The summed E-state index contributed by atoms with van der Waals surface area (Å²) in [5.74, 6) is -6.31. The van der Waals surface area contributed by atoms with E-state index in [1.54, 1.807) is 32.3 Å². The van der Waals surface area contributed by atoms with Gasteiger partial charge in [0.1, 0.15) is 35.0 Å². The number of esters is 1. The number of rotatable bonds is 6. The molecule has 2 unspecified atom stereocenters. The predicted octanol–water partition coefficient (Wildman–Crippen LogP) is 1.79. The number of furan rings is 1. The fourth-order valence-corrected chi connectivity index (χ4v) is 6.93. The first-order valence-electron chi connectivity index (χ1n) is 14.2. The molecule has 0 spiro atoms. The number of aliphatic hydroxyl groups is 3. The minimum absolute atomic E-state index is 0.0236. The van der Waals surface area contributed by atoms with Crippen LogP contribution in [0, 0.1) is 11.8 Å². The maximum absolute atomic E-state index is 14.2. The van der Waals surface area contributed by atoms with Crippen molar-refractivity contribution in [2.24, 2.45) is 17.6 Å². The van der Waals surface area contributed by atoms with Gasteiger partial charge in [0.2, 0.25) is 5.78 Å². The summed E-state index contributed by atoms with van der Waals surface area (Å²) in [7, 11) is 6.75. The molecule has 1 amide bonds. The quantitative estimate of drug-likeness (QED) is 0.229. The monoisotopic (exact) mass is 620 g/mol. The molecule has 0 bridgehead atoms. The van der Waals surface area contributed by atoms with Crippen molar-refractivity contribution in [3.63, 3.8) is 0 Å². The van der Waals surface area contributed by atoms with Crippen molar-refractivity contribution in [2.45, 2.75) is 38.0 Å². The van der Waals surface area contributed by atoms with Crippen molar-refractivity contribution in [1.29, 1.82) is 0 Å². The Labute approximate surface area is 256 Å². The van der Waals surface area contributed by atoms with E-state index in [4.69, 9.17) is 19.3 Å². The number of anilines is 1. The summed E-state index contributed by atoms with van der Waals surface area (Å²) in [6.45, 7) is 1.19. The van der Waals surface area contributed by atoms with Crippen LogP contribution in [0.3, 0.4) is 0 Å². The van der Waals surface area contributed by atoms with Crippen LogP contribution in [0.15, 0.2) is 43.9 Å². The van der Waals surface area contributed by atoms with Crippen LogP contribution in [0.25, 0.3) is 28.5 Å². The van der Waals surface area contributed by atoms with Crippen molar-refractivity contribution in [3.8, 4) is 11.7 Å². The van der Waals surface area contributed by atoms with Gasteiger partial charge in [-0.2, -0.15) is 0 Å². The summed E-state index contributed by atoms with van der Waals surface area (Å²) in [6.07, 6.45) is 0.247. The Morgan fingerprint density at radius 1 is 1.16 bits per heavy atom. The van der Waals surface area contributed by atoms with Crippen molar-refractivity contribution in [1.82, 2.24) is 9.88 Å². The molecule has 3 aliphatic carbocycles. The van der Waals surface area contributed by atoms with E-state index in [0.717, 1.165) is 0 Å². The maximum Gasteiger partial charge on any atom is 0.303 e. The molecule has 4 atom stereocenters. The molecule has 0 saturated heterocycles. The molecule has 3 aliphatic rings. The van der Waals surface area contributed by atoms with Crippen molar-refractivity contribution < 1.29 is 48.1 Å². The van der Waals surface area contributed by atoms with Crippen LogP contribution < -0.4 is 10.6 Å². The zero-order valence-corrected chi connectivity index (χ0v) is 25.2. The number of Topliss-reactive ketones (excluding diaryl/α,β-unsaturated/α-hetero) is 2. The molecular weight excluding hydrogens is 588 g/mol. The average Bonchev–Trinajstić information content (AvgIpc) is 3.60. The van der Waals surface area contributed by atoms with Crippen molar-refractivity contribution in [2.75, 3.05) is 33.1 Å². The fourth-order valence-electron chi connectivity index (χ4n) is 6.93. The molecule has 3 aromatic rings. The van der Waals surface area contributed by atoms with Crippen molar-refractivity contribution in [3.05, 3.63) is 52.0 Å². The summed E-state index contributed by atoms with van der Waals surface area (Å²) in [5, 5.41) is 34.8. The van der Waals surface area contributed by atoms with Gasteiger partial charge in [-0.15, -0.1) is 0 Å². The molecule has 236 valence electrons. The van der Waals surface area contributed by atoms with Crippen LogP contribution in [-0.2, 0) is 36.9 Å². The summed E-state index contributed by atoms with van der Waals surface area (Å²) in [6, 6.07) is 3.83. The fraction of sp³-hybridized carbons (Fsp3) is 0.387. The predicted molar refractivity (Wildman–Crippen MR) is 158 cm³/mol. The number of likely N-dealkylation sites (N-methyl/N-ethyl adjacent to an activating group) is 1. The van der Waals surface area contributed by atoms with E-state index in [0.29, 0.717) is 22.5 Å². The van der Waals surface area contributed by atoms with Gasteiger partial charge in [-0.1, -0.05) is 0 Å². The molecule has 45 heavy (non-hydrogen) atoms. The molecule has 1 saturated carbocycles. The van der Waals surface area contributed by atoms with E-state index in [2.05, 4.69) is 4.98 Å². The second-order valence-electron chi connectivity index (χ2n) is 12.0. The number of fused-ring (bicyclic) bond motifs is 5. The number of nitrogens with two attached hydrogens (primary N) is 1. The standard InChI is InChI=1S/C31H32N4O10/c1-12(36)43-11-14-6-7-19(44-14)30-33-17-10-18(34(2)3)15-8-13-9-16-23(35(4)5)25(38)22(29(32)41)28(40)31(16,42)27(39)20(13)24(37)21(15)26(17)45-30/h6-7,10,13,16,23,37,40,42H,8-9,11H2,1-5H3,(H2,32,41)/t13?,16?,23-,31-/m0/s1. The van der Waals surface area contributed by atoms with E-state index in [1.165, 1.54) is 11.8 Å². The Hall–Kier alpha value is -4.95. The second kappa shape index (κ2) is 10.3. The van der Waals surface area contributed by atoms with Gasteiger partial charge < -0.3 is 39.5 Å². The number of carbonyl (C=O) groups is 4. The summed E-state index contributed by atoms with van der Waals surface area (Å²) < 4.78 is 16.8. The van der Waals surface area contributed by atoms with Gasteiger partial charge in [0.15, 0.2) is 22.7 Å². The number of ether oxygens (including phenoxy) is 1. The van der Waals surface area contributed by atoms with Gasteiger partial charge in [-0.25, -0.2) is 4.98 Å². The highest BCUT2D eigenvalue weighted by Crippen LogP contribution is 2.53. The normalized spacial score (nSPS) is 24.6. The zero-order valence-electron chi connectivity index (χ0n) is 25.2. The summed E-state index contributed by atoms with van der Waals surface area (Å²) in [5.41, 5.74) is 3.71. The number of oxazole rings is 1. The number of carbonyl (C=O) groups excluding carboxylic acids is 4. The first kappa shape index (κ1) is 30.1. The molecule has 2 heterocycles. The Morgan fingerprint density at radius 3 is 2.49 bits per heavy atom. The number of hydrogen-bond acceptors (Lipinski definition) is 13. The van der Waals surface area contributed by atoms with E-state index in [-0.39, 0.29) is 47.8 Å². The minimum atomic E-state index is -2.69. The van der Waals surface area contributed by atoms with Gasteiger partial charge in [0.05, 0.1) is 11.6 Å². The highest BCUT2D eigenvalue weighted by Gasteiger charge is 2.64. The Kier molecular flexibility index (Phi) is 6.89. The highest BCUT2D eigenvalue weighted by molar-refractivity contribution is 6.24. The lowest BCUT2D eigenvalue weighted by atomic mass is 9.57. The zero-order chi connectivity index (χ0) is 32.7. The SMILES string of the molecule is CC(=O)OCc1ccc(-c2nc3cc(N(C)C)c4c(c3o2)C(O)=C2C(=O)[C@]3(O)C(O)=C(C(N)=O)C(=O)[C@@H](N(C)C)C3CC2C4)o1. The number of aliphatic hydroxyl groups excluding tert-OH is 2. The molecule has 6 rings (SSSR count). The van der Waals surface area contributed by atoms with Crippen LogP contribution in [-0.4, -0.2) is 88.5 Å². The van der Waals surface area contributed by atoms with E-state index in [1.807, 2.05) is 19.0 Å². The summed E-state index contributed by atoms with van der Waals surface area (Å²) >= 11 is 0. The molecule has 14 heteroatoms. The smallest absolute Gasteiger partial charge is 0.303 e. The van der Waals surface area contributed by atoms with Crippen LogP contribution in [0.2, 0.25) is 0 Å². The van der Waals surface area contributed by atoms with Gasteiger partial charge in [0.25, 0.3) is 11.8 Å². The topological polar surface area (TPSA) is 210 Å². The molecule has 14 nitrogen and oxygen atoms in total. The number of ketones is 2. The Balaban J connectivity index is 1.53. The molecule has 5 N–H and O–H groups in total. The first-order chi connectivity index (χ1) is 21.2. The third kappa shape index (κ3) is 4.35. The van der Waals surface area contributed by atoms with Crippen LogP contribution >= 0.6 is 0 Å². The number of benzene rings is 1. The molecule has 0 aliphatic heterocycles. The number of aromatic nitrogens is 1. The first-order valence-corrected chi connectivity index (χ1v) is 14.2. The minimum Gasteiger partial charge on any atom is -0.508 e. The summed E-state index contributed by atoms with van der Waals surface area (Å²) in [4.78, 5) is 58.8.